The molecule has 2 N–H and O–H groups in total. The maximum absolute atomic E-state index is 12.2. The smallest absolute Gasteiger partial charge is 0.240 e. The van der Waals surface area contributed by atoms with Gasteiger partial charge in [0.15, 0.2) is 0 Å². The van der Waals surface area contributed by atoms with Crippen molar-refractivity contribution in [1.29, 1.82) is 0 Å². The summed E-state index contributed by atoms with van der Waals surface area (Å²) >= 11 is 3.28. The van der Waals surface area contributed by atoms with E-state index in [1.807, 2.05) is 0 Å². The fourth-order valence-electron chi connectivity index (χ4n) is 2.73. The van der Waals surface area contributed by atoms with Crippen molar-refractivity contribution in [3.63, 3.8) is 0 Å². The second kappa shape index (κ2) is 6.77. The Balaban J connectivity index is 1.97. The summed E-state index contributed by atoms with van der Waals surface area (Å²) in [5.41, 5.74) is -0.909. The van der Waals surface area contributed by atoms with Crippen LogP contribution in [0.15, 0.2) is 33.6 Å². The van der Waals surface area contributed by atoms with Crippen LogP contribution in [0.25, 0.3) is 0 Å². The maximum Gasteiger partial charge on any atom is 0.240 e. The number of sulfonamides is 1. The Morgan fingerprint density at radius 3 is 2.38 bits per heavy atom. The van der Waals surface area contributed by atoms with Crippen LogP contribution in [0.2, 0.25) is 0 Å². The SMILES string of the molecule is CCC1CCC(O)(CNS(=O)(=O)c2ccc(Br)cc2)CC1. The van der Waals surface area contributed by atoms with E-state index in [9.17, 15) is 13.5 Å². The molecule has 0 saturated heterocycles. The van der Waals surface area contributed by atoms with Crippen LogP contribution in [0.4, 0.5) is 0 Å². The first-order valence-electron chi connectivity index (χ1n) is 7.32. The van der Waals surface area contributed by atoms with E-state index in [-0.39, 0.29) is 11.4 Å². The molecule has 0 aliphatic heterocycles. The van der Waals surface area contributed by atoms with Crippen molar-refractivity contribution in [2.24, 2.45) is 5.92 Å². The van der Waals surface area contributed by atoms with Gasteiger partial charge in [0.2, 0.25) is 10.0 Å². The molecule has 1 saturated carbocycles. The fourth-order valence-corrected chi connectivity index (χ4v) is 4.11. The molecule has 0 spiro atoms. The molecule has 0 atom stereocenters. The van der Waals surface area contributed by atoms with E-state index in [1.165, 1.54) is 0 Å². The third kappa shape index (κ3) is 4.52. The molecule has 0 radical (unpaired) electrons. The predicted octanol–water partition coefficient (Wildman–Crippen LogP) is 3.06. The maximum atomic E-state index is 12.2. The van der Waals surface area contributed by atoms with E-state index in [4.69, 9.17) is 0 Å². The fraction of sp³-hybridized carbons (Fsp3) is 0.600. The van der Waals surface area contributed by atoms with Gasteiger partial charge >= 0.3 is 0 Å². The molecular weight excluding hydrogens is 354 g/mol. The van der Waals surface area contributed by atoms with E-state index in [1.54, 1.807) is 24.3 Å². The Labute approximate surface area is 135 Å². The Bertz CT molecular complexity index is 563. The first-order valence-corrected chi connectivity index (χ1v) is 9.60. The number of rotatable bonds is 5. The second-order valence-corrected chi connectivity index (χ2v) is 8.54. The lowest BCUT2D eigenvalue weighted by molar-refractivity contribution is -0.00442. The van der Waals surface area contributed by atoms with Gasteiger partial charge in [0, 0.05) is 11.0 Å². The molecule has 0 amide bonds. The van der Waals surface area contributed by atoms with Gasteiger partial charge < -0.3 is 5.11 Å². The van der Waals surface area contributed by atoms with Gasteiger partial charge in [-0.15, -0.1) is 0 Å². The Morgan fingerprint density at radius 2 is 1.86 bits per heavy atom. The van der Waals surface area contributed by atoms with Crippen molar-refractivity contribution in [3.8, 4) is 0 Å². The summed E-state index contributed by atoms with van der Waals surface area (Å²) in [6.07, 6.45) is 4.38. The molecule has 1 fully saturated rings. The molecule has 118 valence electrons. The molecule has 6 heteroatoms. The lowest BCUT2D eigenvalue weighted by Gasteiger charge is -2.35. The standard InChI is InChI=1S/C15H22BrNO3S/c1-2-12-7-9-15(18,10-8-12)11-17-21(19,20)14-5-3-13(16)4-6-14/h3-6,12,17-18H,2,7-11H2,1H3. The Morgan fingerprint density at radius 1 is 1.29 bits per heavy atom. The minimum absolute atomic E-state index is 0.0852. The highest BCUT2D eigenvalue weighted by molar-refractivity contribution is 9.10. The summed E-state index contributed by atoms with van der Waals surface area (Å²) in [4.78, 5) is 0.219. The lowest BCUT2D eigenvalue weighted by Crippen LogP contribution is -2.45. The summed E-state index contributed by atoms with van der Waals surface area (Å²) in [5.74, 6) is 0.661. The molecular formula is C15H22BrNO3S. The molecule has 0 aromatic heterocycles. The van der Waals surface area contributed by atoms with Gasteiger partial charge in [-0.3, -0.25) is 0 Å². The first-order chi connectivity index (χ1) is 9.85. The third-order valence-corrected chi connectivity index (χ3v) is 6.27. The van der Waals surface area contributed by atoms with Crippen LogP contribution in [0.1, 0.15) is 39.0 Å². The summed E-state index contributed by atoms with van der Waals surface area (Å²) in [7, 11) is -3.56. The highest BCUT2D eigenvalue weighted by Crippen LogP contribution is 2.33. The van der Waals surface area contributed by atoms with Crippen LogP contribution in [0.3, 0.4) is 0 Å². The van der Waals surface area contributed by atoms with Crippen LogP contribution in [-0.2, 0) is 10.0 Å². The predicted molar refractivity (Wildman–Crippen MR) is 86.5 cm³/mol. The zero-order valence-corrected chi connectivity index (χ0v) is 14.6. The number of hydrogen-bond acceptors (Lipinski definition) is 3. The molecule has 21 heavy (non-hydrogen) atoms. The summed E-state index contributed by atoms with van der Waals surface area (Å²) in [6.45, 7) is 2.24. The van der Waals surface area contributed by atoms with Gasteiger partial charge in [-0.2, -0.15) is 0 Å². The van der Waals surface area contributed by atoms with Gasteiger partial charge in [0.05, 0.1) is 10.5 Å². The van der Waals surface area contributed by atoms with Crippen LogP contribution in [0.5, 0.6) is 0 Å². The number of nitrogens with one attached hydrogen (secondary N) is 1. The van der Waals surface area contributed by atoms with Crippen LogP contribution < -0.4 is 4.72 Å². The van der Waals surface area contributed by atoms with Gasteiger partial charge in [-0.1, -0.05) is 29.3 Å². The van der Waals surface area contributed by atoms with Crippen LogP contribution in [-0.4, -0.2) is 25.7 Å². The van der Waals surface area contributed by atoms with Crippen molar-refractivity contribution < 1.29 is 13.5 Å². The van der Waals surface area contributed by atoms with Gasteiger partial charge in [0.25, 0.3) is 0 Å². The number of hydrogen-bond donors (Lipinski definition) is 2. The van der Waals surface area contributed by atoms with Gasteiger partial charge in [-0.25, -0.2) is 13.1 Å². The minimum Gasteiger partial charge on any atom is -0.389 e. The number of aliphatic hydroxyl groups is 1. The third-order valence-electron chi connectivity index (χ3n) is 4.33. The summed E-state index contributed by atoms with van der Waals surface area (Å²) in [6, 6.07) is 6.47. The van der Waals surface area contributed by atoms with E-state index in [2.05, 4.69) is 27.6 Å². The van der Waals surface area contributed by atoms with Crippen molar-refractivity contribution in [3.05, 3.63) is 28.7 Å². The topological polar surface area (TPSA) is 66.4 Å². The first kappa shape index (κ1) is 16.9. The molecule has 2 rings (SSSR count). The quantitative estimate of drug-likeness (QED) is 0.830. The molecule has 4 nitrogen and oxygen atoms in total. The van der Waals surface area contributed by atoms with Crippen molar-refractivity contribution in [2.75, 3.05) is 6.54 Å². The van der Waals surface area contributed by atoms with Crippen LogP contribution in [0, 0.1) is 5.92 Å². The van der Waals surface area contributed by atoms with E-state index < -0.39 is 15.6 Å². The summed E-state index contributed by atoms with van der Waals surface area (Å²) < 4.78 is 27.8. The normalized spacial score (nSPS) is 26.7. The van der Waals surface area contributed by atoms with E-state index in [0.717, 1.165) is 23.7 Å². The molecule has 0 heterocycles. The van der Waals surface area contributed by atoms with Crippen LogP contribution >= 0.6 is 15.9 Å². The van der Waals surface area contributed by atoms with Gasteiger partial charge in [0.1, 0.15) is 0 Å². The molecule has 1 aromatic rings. The van der Waals surface area contributed by atoms with Crippen molar-refractivity contribution >= 4 is 26.0 Å². The Hall–Kier alpha value is -0.430. The zero-order chi connectivity index (χ0) is 15.5. The second-order valence-electron chi connectivity index (χ2n) is 5.85. The summed E-state index contributed by atoms with van der Waals surface area (Å²) in [5, 5.41) is 10.5. The largest absolute Gasteiger partial charge is 0.389 e. The molecule has 1 aromatic carbocycles. The number of benzene rings is 1. The molecule has 1 aliphatic rings. The average molecular weight is 376 g/mol. The van der Waals surface area contributed by atoms with E-state index in [0.29, 0.717) is 18.8 Å². The van der Waals surface area contributed by atoms with Gasteiger partial charge in [-0.05, 0) is 55.9 Å². The number of halogens is 1. The molecule has 1 aliphatic carbocycles. The Kier molecular flexibility index (Phi) is 5.46. The van der Waals surface area contributed by atoms with Crippen molar-refractivity contribution in [2.45, 2.75) is 49.5 Å². The highest BCUT2D eigenvalue weighted by atomic mass is 79.9. The highest BCUT2D eigenvalue weighted by Gasteiger charge is 2.33. The lowest BCUT2D eigenvalue weighted by atomic mass is 9.78. The van der Waals surface area contributed by atoms with Crippen molar-refractivity contribution in [1.82, 2.24) is 4.72 Å². The molecule has 0 bridgehead atoms. The minimum atomic E-state index is -3.56. The zero-order valence-electron chi connectivity index (χ0n) is 12.2. The van der Waals surface area contributed by atoms with E-state index >= 15 is 0 Å². The average Bonchev–Trinajstić information content (AvgIpc) is 2.47. The molecule has 0 unspecified atom stereocenters. The monoisotopic (exact) mass is 375 g/mol.